The molecule has 0 radical (unpaired) electrons. The van der Waals surface area contributed by atoms with Crippen molar-refractivity contribution in [2.45, 2.75) is 23.8 Å². The molecule has 4 rings (SSSR count). The van der Waals surface area contributed by atoms with Crippen molar-refractivity contribution in [2.24, 2.45) is 0 Å². The SMILES string of the molecule is Cc1ccc(S(=O)(=O)c2nnn(-c3cccc(C(=O)O)c3)c2-c2ccccc2)cc1C. The standard InChI is InChI=1S/C23H19N3O4S/c1-15-11-12-20(13-16(15)2)31(29,30)22-21(17-7-4-3-5-8-17)26(25-24-22)19-10-6-9-18(14-19)23(27)28/h3-14H,1-2H3,(H,27,28). The fourth-order valence-corrected chi connectivity index (χ4v) is 4.64. The van der Waals surface area contributed by atoms with Gasteiger partial charge in [0.25, 0.3) is 0 Å². The molecule has 0 aliphatic rings. The largest absolute Gasteiger partial charge is 0.478 e. The van der Waals surface area contributed by atoms with Crippen LogP contribution < -0.4 is 0 Å². The van der Waals surface area contributed by atoms with E-state index >= 15 is 0 Å². The summed E-state index contributed by atoms with van der Waals surface area (Å²) in [6.45, 7) is 3.76. The fourth-order valence-electron chi connectivity index (χ4n) is 3.23. The molecule has 0 atom stereocenters. The summed E-state index contributed by atoms with van der Waals surface area (Å²) in [5.41, 5.74) is 3.15. The van der Waals surface area contributed by atoms with E-state index in [4.69, 9.17) is 0 Å². The first-order chi connectivity index (χ1) is 14.8. The molecule has 0 saturated carbocycles. The number of hydrogen-bond donors (Lipinski definition) is 1. The van der Waals surface area contributed by atoms with Gasteiger partial charge in [0.2, 0.25) is 14.9 Å². The average molecular weight is 433 g/mol. The first-order valence-electron chi connectivity index (χ1n) is 9.46. The summed E-state index contributed by atoms with van der Waals surface area (Å²) in [4.78, 5) is 11.5. The van der Waals surface area contributed by atoms with Crippen LogP contribution in [0.15, 0.2) is 82.7 Å². The third-order valence-corrected chi connectivity index (χ3v) is 6.73. The molecule has 0 saturated heterocycles. The van der Waals surface area contributed by atoms with Crippen LogP contribution in [-0.4, -0.2) is 34.5 Å². The topological polar surface area (TPSA) is 102 Å². The van der Waals surface area contributed by atoms with Gasteiger partial charge in [-0.25, -0.2) is 17.9 Å². The maximum atomic E-state index is 13.5. The second kappa shape index (κ2) is 7.81. The first kappa shape index (κ1) is 20.5. The molecule has 8 heteroatoms. The van der Waals surface area contributed by atoms with Crippen LogP contribution in [0.25, 0.3) is 16.9 Å². The van der Waals surface area contributed by atoms with Gasteiger partial charge in [0.1, 0.15) is 5.69 Å². The van der Waals surface area contributed by atoms with Gasteiger partial charge in [0, 0.05) is 5.56 Å². The molecule has 156 valence electrons. The Balaban J connectivity index is 1.97. The molecular formula is C23H19N3O4S. The van der Waals surface area contributed by atoms with Gasteiger partial charge in [-0.2, -0.15) is 0 Å². The van der Waals surface area contributed by atoms with Crippen molar-refractivity contribution in [1.82, 2.24) is 15.0 Å². The van der Waals surface area contributed by atoms with E-state index in [1.807, 2.05) is 19.9 Å². The van der Waals surface area contributed by atoms with Gasteiger partial charge in [0.05, 0.1) is 16.1 Å². The van der Waals surface area contributed by atoms with Crippen LogP contribution >= 0.6 is 0 Å². The summed E-state index contributed by atoms with van der Waals surface area (Å²) in [7, 11) is -3.98. The number of aryl methyl sites for hydroxylation is 2. The summed E-state index contributed by atoms with van der Waals surface area (Å²) < 4.78 is 28.4. The van der Waals surface area contributed by atoms with E-state index in [-0.39, 0.29) is 21.2 Å². The number of carboxylic acid groups (broad SMARTS) is 1. The smallest absolute Gasteiger partial charge is 0.335 e. The van der Waals surface area contributed by atoms with Gasteiger partial charge in [-0.15, -0.1) is 5.10 Å². The third kappa shape index (κ3) is 3.73. The molecule has 31 heavy (non-hydrogen) atoms. The quantitative estimate of drug-likeness (QED) is 0.509. The Kier molecular flexibility index (Phi) is 5.16. The molecule has 0 spiro atoms. The van der Waals surface area contributed by atoms with Gasteiger partial charge in [-0.3, -0.25) is 0 Å². The average Bonchev–Trinajstić information content (AvgIpc) is 3.22. The summed E-state index contributed by atoms with van der Waals surface area (Å²) in [6.07, 6.45) is 0. The lowest BCUT2D eigenvalue weighted by Gasteiger charge is -2.10. The van der Waals surface area contributed by atoms with Crippen molar-refractivity contribution in [1.29, 1.82) is 0 Å². The Hall–Kier alpha value is -3.78. The zero-order valence-corrected chi connectivity index (χ0v) is 17.7. The van der Waals surface area contributed by atoms with Crippen LogP contribution in [-0.2, 0) is 9.84 Å². The minimum Gasteiger partial charge on any atom is -0.478 e. The summed E-state index contributed by atoms with van der Waals surface area (Å²) in [5, 5.41) is 17.3. The predicted octanol–water partition coefficient (Wildman–Crippen LogP) is 4.08. The van der Waals surface area contributed by atoms with Gasteiger partial charge in [-0.1, -0.05) is 47.7 Å². The fraction of sp³-hybridized carbons (Fsp3) is 0.0870. The Bertz CT molecular complexity index is 1390. The Morgan fingerprint density at radius 3 is 2.32 bits per heavy atom. The zero-order valence-electron chi connectivity index (χ0n) is 16.9. The molecular weight excluding hydrogens is 414 g/mol. The highest BCUT2D eigenvalue weighted by Gasteiger charge is 2.29. The van der Waals surface area contributed by atoms with Crippen molar-refractivity contribution in [3.05, 3.63) is 89.5 Å². The number of hydrogen-bond acceptors (Lipinski definition) is 5. The van der Waals surface area contributed by atoms with Crippen molar-refractivity contribution < 1.29 is 18.3 Å². The lowest BCUT2D eigenvalue weighted by atomic mass is 10.1. The van der Waals surface area contributed by atoms with Crippen LogP contribution in [0, 0.1) is 13.8 Å². The van der Waals surface area contributed by atoms with E-state index in [0.29, 0.717) is 11.3 Å². The first-order valence-corrected chi connectivity index (χ1v) is 10.9. The number of nitrogens with zero attached hydrogens (tertiary/aromatic N) is 3. The minimum atomic E-state index is -3.98. The molecule has 0 fully saturated rings. The van der Waals surface area contributed by atoms with Crippen molar-refractivity contribution in [3.63, 3.8) is 0 Å². The molecule has 0 bridgehead atoms. The predicted molar refractivity (Wildman–Crippen MR) is 115 cm³/mol. The maximum Gasteiger partial charge on any atom is 0.335 e. The van der Waals surface area contributed by atoms with E-state index in [2.05, 4.69) is 10.3 Å². The second-order valence-electron chi connectivity index (χ2n) is 7.13. The molecule has 1 aromatic heterocycles. The molecule has 7 nitrogen and oxygen atoms in total. The molecule has 1 heterocycles. The molecule has 0 aliphatic heterocycles. The number of benzene rings is 3. The van der Waals surface area contributed by atoms with E-state index in [1.54, 1.807) is 54.6 Å². The van der Waals surface area contributed by atoms with Gasteiger partial charge >= 0.3 is 5.97 Å². The monoisotopic (exact) mass is 433 g/mol. The van der Waals surface area contributed by atoms with Gasteiger partial charge in [0.15, 0.2) is 0 Å². The van der Waals surface area contributed by atoms with Crippen molar-refractivity contribution >= 4 is 15.8 Å². The van der Waals surface area contributed by atoms with Crippen LogP contribution in [0.2, 0.25) is 0 Å². The van der Waals surface area contributed by atoms with E-state index in [1.165, 1.54) is 16.8 Å². The highest BCUT2D eigenvalue weighted by atomic mass is 32.2. The van der Waals surface area contributed by atoms with E-state index in [9.17, 15) is 18.3 Å². The number of rotatable bonds is 5. The third-order valence-electron chi connectivity index (χ3n) is 5.07. The van der Waals surface area contributed by atoms with Crippen molar-refractivity contribution in [2.75, 3.05) is 0 Å². The molecule has 0 amide bonds. The van der Waals surface area contributed by atoms with Crippen LogP contribution in [0.5, 0.6) is 0 Å². The lowest BCUT2D eigenvalue weighted by Crippen LogP contribution is -2.07. The molecule has 4 aromatic rings. The number of sulfone groups is 1. The van der Waals surface area contributed by atoms with E-state index < -0.39 is 15.8 Å². The number of carboxylic acids is 1. The highest BCUT2D eigenvalue weighted by molar-refractivity contribution is 7.91. The van der Waals surface area contributed by atoms with Crippen LogP contribution in [0.3, 0.4) is 0 Å². The zero-order chi connectivity index (χ0) is 22.2. The molecule has 0 unspecified atom stereocenters. The van der Waals surface area contributed by atoms with E-state index in [0.717, 1.165) is 11.1 Å². The molecule has 0 aliphatic carbocycles. The van der Waals surface area contributed by atoms with Gasteiger partial charge < -0.3 is 5.11 Å². The maximum absolute atomic E-state index is 13.5. The summed E-state index contributed by atoms with van der Waals surface area (Å²) >= 11 is 0. The lowest BCUT2D eigenvalue weighted by molar-refractivity contribution is 0.0697. The van der Waals surface area contributed by atoms with Gasteiger partial charge in [-0.05, 0) is 55.3 Å². The Morgan fingerprint density at radius 2 is 1.65 bits per heavy atom. The van der Waals surface area contributed by atoms with Crippen LogP contribution in [0.4, 0.5) is 0 Å². The Labute approximate surface area is 179 Å². The summed E-state index contributed by atoms with van der Waals surface area (Å²) in [5.74, 6) is -1.09. The number of aromatic carboxylic acids is 1. The second-order valence-corrected chi connectivity index (χ2v) is 8.99. The highest BCUT2D eigenvalue weighted by Crippen LogP contribution is 2.32. The Morgan fingerprint density at radius 1 is 0.903 bits per heavy atom. The number of carbonyl (C=O) groups is 1. The molecule has 1 N–H and O–H groups in total. The van der Waals surface area contributed by atoms with Crippen molar-refractivity contribution in [3.8, 4) is 16.9 Å². The summed E-state index contributed by atoms with van der Waals surface area (Å²) in [6, 6.07) is 19.9. The minimum absolute atomic E-state index is 0.0607. The number of aromatic nitrogens is 3. The van der Waals surface area contributed by atoms with Crippen LogP contribution in [0.1, 0.15) is 21.5 Å². The molecule has 3 aromatic carbocycles. The normalized spacial score (nSPS) is 11.4.